The Morgan fingerprint density at radius 2 is 1.92 bits per heavy atom. The molecule has 25 heavy (non-hydrogen) atoms. The Balaban J connectivity index is 1.73. The van der Waals surface area contributed by atoms with E-state index >= 15 is 0 Å². The normalized spacial score (nSPS) is 37.0. The van der Waals surface area contributed by atoms with Crippen LogP contribution in [0.1, 0.15) is 24.0 Å². The molecule has 0 radical (unpaired) electrons. The molecule has 2 saturated carbocycles. The van der Waals surface area contributed by atoms with Crippen molar-refractivity contribution in [3.63, 3.8) is 0 Å². The Kier molecular flexibility index (Phi) is 3.56. The second kappa shape index (κ2) is 5.25. The van der Waals surface area contributed by atoms with Gasteiger partial charge in [-0.1, -0.05) is 0 Å². The van der Waals surface area contributed by atoms with Gasteiger partial charge in [0.25, 0.3) is 0 Å². The Labute approximate surface area is 143 Å². The lowest BCUT2D eigenvalue weighted by Gasteiger charge is -2.44. The predicted octanol–water partition coefficient (Wildman–Crippen LogP) is 4.43. The molecule has 3 fully saturated rings. The molecule has 1 aromatic rings. The number of nitrogens with zero attached hydrogens (tertiary/aromatic N) is 2. The third-order valence-electron chi connectivity index (χ3n) is 5.80. The van der Waals surface area contributed by atoms with E-state index in [-0.39, 0.29) is 24.1 Å². The van der Waals surface area contributed by atoms with Crippen LogP contribution < -0.4 is 4.31 Å². The van der Waals surface area contributed by atoms with Crippen LogP contribution >= 0.6 is 10.8 Å². The number of nitriles is 1. The largest absolute Gasteiger partial charge is 0.417 e. The third kappa shape index (κ3) is 2.34. The number of hydrogen-bond donors (Lipinski definition) is 2. The van der Waals surface area contributed by atoms with Crippen LogP contribution in [0.25, 0.3) is 0 Å². The van der Waals surface area contributed by atoms with Crippen molar-refractivity contribution in [1.29, 1.82) is 5.26 Å². The van der Waals surface area contributed by atoms with E-state index in [1.807, 2.05) is 0 Å². The van der Waals surface area contributed by atoms with Gasteiger partial charge in [-0.25, -0.2) is 4.39 Å². The summed E-state index contributed by atoms with van der Waals surface area (Å²) >= 11 is 0. The summed E-state index contributed by atoms with van der Waals surface area (Å²) in [6.07, 6.45) is -4.80. The standard InChI is InChI=1S/C16H16F4N2O2S/c17-14-4-9-3-11(14)15-12(9)7-22(25(15,23)24)10-2-1-8(6-21)13(5-10)16(18,19)20/h1-2,5,9,11-12,14-15,23-24H,3-4,7H2/t9-,11+,12+,14+,15-/m1/s1. The molecule has 5 atom stereocenters. The summed E-state index contributed by atoms with van der Waals surface area (Å²) in [6, 6.07) is 4.61. The Morgan fingerprint density at radius 1 is 1.20 bits per heavy atom. The highest BCUT2D eigenvalue weighted by Gasteiger charge is 2.63. The van der Waals surface area contributed by atoms with Crippen LogP contribution in [0.5, 0.6) is 0 Å². The summed E-state index contributed by atoms with van der Waals surface area (Å²) in [5.41, 5.74) is -1.61. The van der Waals surface area contributed by atoms with Gasteiger partial charge < -0.3 is 0 Å². The fourth-order valence-corrected chi connectivity index (χ4v) is 7.42. The van der Waals surface area contributed by atoms with Gasteiger partial charge in [-0.15, -0.1) is 10.8 Å². The first-order valence-electron chi connectivity index (χ1n) is 7.94. The maximum atomic E-state index is 14.0. The molecule has 0 amide bonds. The highest BCUT2D eigenvalue weighted by Crippen LogP contribution is 2.70. The predicted molar refractivity (Wildman–Crippen MR) is 84.7 cm³/mol. The molecule has 0 unspecified atom stereocenters. The minimum atomic E-state index is -4.72. The maximum Gasteiger partial charge on any atom is 0.417 e. The van der Waals surface area contributed by atoms with Crippen molar-refractivity contribution < 1.29 is 26.7 Å². The van der Waals surface area contributed by atoms with Crippen molar-refractivity contribution in [2.45, 2.75) is 30.4 Å². The molecule has 0 spiro atoms. The molecule has 1 heterocycles. The van der Waals surface area contributed by atoms with Crippen molar-refractivity contribution >= 4 is 16.5 Å². The molecule has 2 aliphatic carbocycles. The van der Waals surface area contributed by atoms with Crippen LogP contribution in [0.15, 0.2) is 18.2 Å². The molecule has 1 aromatic carbocycles. The van der Waals surface area contributed by atoms with Gasteiger partial charge in [0, 0.05) is 18.4 Å². The highest BCUT2D eigenvalue weighted by atomic mass is 32.3. The number of anilines is 1. The maximum absolute atomic E-state index is 14.0. The van der Waals surface area contributed by atoms with Crippen LogP contribution in [-0.4, -0.2) is 27.1 Å². The minimum absolute atomic E-state index is 0.00975. The van der Waals surface area contributed by atoms with Gasteiger partial charge in [-0.05, 0) is 37.0 Å². The summed E-state index contributed by atoms with van der Waals surface area (Å²) in [5, 5.41) is 8.25. The minimum Gasteiger partial charge on any atom is -0.281 e. The molecule has 3 aliphatic rings. The number of hydrogen-bond acceptors (Lipinski definition) is 4. The lowest BCUT2D eigenvalue weighted by molar-refractivity contribution is -0.137. The molecular formula is C16H16F4N2O2S. The fraction of sp³-hybridized carbons (Fsp3) is 0.562. The van der Waals surface area contributed by atoms with Gasteiger partial charge in [0.2, 0.25) is 0 Å². The van der Waals surface area contributed by atoms with E-state index in [1.165, 1.54) is 16.4 Å². The van der Waals surface area contributed by atoms with Gasteiger partial charge in [0.15, 0.2) is 0 Å². The summed E-state index contributed by atoms with van der Waals surface area (Å²) in [4.78, 5) is 0. The van der Waals surface area contributed by atoms with Crippen LogP contribution in [-0.2, 0) is 6.18 Å². The topological polar surface area (TPSA) is 67.5 Å². The van der Waals surface area contributed by atoms with Gasteiger partial charge >= 0.3 is 6.18 Å². The van der Waals surface area contributed by atoms with Gasteiger partial charge in [0.1, 0.15) is 6.17 Å². The summed E-state index contributed by atoms with van der Waals surface area (Å²) < 4.78 is 76.1. The molecule has 2 bridgehead atoms. The van der Waals surface area contributed by atoms with E-state index in [0.29, 0.717) is 12.8 Å². The molecule has 9 heteroatoms. The number of halogens is 4. The SMILES string of the molecule is N#Cc1ccc(N2C[C@H]3[C@@H]4C[C@H]([C@H]3S2(O)O)[C@@H](F)C4)cc1C(F)(F)F. The molecule has 0 aromatic heterocycles. The third-order valence-corrected chi connectivity index (χ3v) is 8.24. The van der Waals surface area contributed by atoms with Crippen LogP contribution in [0.2, 0.25) is 0 Å². The molecule has 1 aliphatic heterocycles. The Hall–Kier alpha value is -1.50. The Bertz CT molecular complexity index is 763. The van der Waals surface area contributed by atoms with Crippen molar-refractivity contribution in [2.24, 2.45) is 17.8 Å². The average Bonchev–Trinajstić information content (AvgIpc) is 3.15. The van der Waals surface area contributed by atoms with Gasteiger partial charge in [0.05, 0.1) is 28.1 Å². The van der Waals surface area contributed by atoms with Crippen LogP contribution in [0.4, 0.5) is 23.2 Å². The van der Waals surface area contributed by atoms with E-state index in [1.54, 1.807) is 0 Å². The molecule has 4 nitrogen and oxygen atoms in total. The van der Waals surface area contributed by atoms with Crippen LogP contribution in [0, 0.1) is 29.1 Å². The zero-order valence-corrected chi connectivity index (χ0v) is 13.8. The monoisotopic (exact) mass is 376 g/mol. The molecular weight excluding hydrogens is 360 g/mol. The lowest BCUT2D eigenvalue weighted by Crippen LogP contribution is -2.34. The van der Waals surface area contributed by atoms with Crippen molar-refractivity contribution in [3.05, 3.63) is 29.3 Å². The molecule has 1 saturated heterocycles. The highest BCUT2D eigenvalue weighted by molar-refractivity contribution is 8.26. The number of alkyl halides is 4. The lowest BCUT2D eigenvalue weighted by atomic mass is 9.87. The summed E-state index contributed by atoms with van der Waals surface area (Å²) in [5.74, 6) is -0.515. The summed E-state index contributed by atoms with van der Waals surface area (Å²) in [7, 11) is -3.42. The number of benzene rings is 1. The van der Waals surface area contributed by atoms with E-state index in [0.717, 1.165) is 12.1 Å². The molecule has 4 rings (SSSR count). The average molecular weight is 376 g/mol. The molecule has 2 N–H and O–H groups in total. The fourth-order valence-electron chi connectivity index (χ4n) is 4.78. The van der Waals surface area contributed by atoms with E-state index < -0.39 is 45.4 Å². The van der Waals surface area contributed by atoms with Crippen molar-refractivity contribution in [2.75, 3.05) is 10.8 Å². The number of rotatable bonds is 1. The second-order valence-corrected chi connectivity index (χ2v) is 9.11. The number of fused-ring (bicyclic) bond motifs is 5. The van der Waals surface area contributed by atoms with Crippen molar-refractivity contribution in [3.8, 4) is 6.07 Å². The van der Waals surface area contributed by atoms with Crippen LogP contribution in [0.3, 0.4) is 0 Å². The van der Waals surface area contributed by atoms with Gasteiger partial charge in [-0.3, -0.25) is 13.4 Å². The zero-order valence-electron chi connectivity index (χ0n) is 12.9. The van der Waals surface area contributed by atoms with Crippen molar-refractivity contribution in [1.82, 2.24) is 0 Å². The first kappa shape index (κ1) is 16.9. The first-order valence-corrected chi connectivity index (χ1v) is 9.51. The Morgan fingerprint density at radius 3 is 2.56 bits per heavy atom. The van der Waals surface area contributed by atoms with Gasteiger partial charge in [-0.2, -0.15) is 18.4 Å². The zero-order chi connectivity index (χ0) is 18.1. The smallest absolute Gasteiger partial charge is 0.281 e. The second-order valence-electron chi connectivity index (χ2n) is 7.00. The quantitative estimate of drug-likeness (QED) is 0.712. The molecule has 136 valence electrons. The van der Waals surface area contributed by atoms with E-state index in [4.69, 9.17) is 5.26 Å². The van der Waals surface area contributed by atoms with E-state index in [9.17, 15) is 26.7 Å². The van der Waals surface area contributed by atoms with E-state index in [2.05, 4.69) is 0 Å². The first-order chi connectivity index (χ1) is 11.6. The summed E-state index contributed by atoms with van der Waals surface area (Å²) in [6.45, 7) is 0.198.